The molecule has 0 atom stereocenters. The molecule has 6 heteroatoms. The molecule has 0 radical (unpaired) electrons. The summed E-state index contributed by atoms with van der Waals surface area (Å²) in [6.45, 7) is 0.496. The molecule has 2 heterocycles. The van der Waals surface area contributed by atoms with E-state index in [0.717, 1.165) is 11.3 Å². The lowest BCUT2D eigenvalue weighted by Crippen LogP contribution is -2.25. The zero-order valence-electron chi connectivity index (χ0n) is 11.6. The summed E-state index contributed by atoms with van der Waals surface area (Å²) in [6, 6.07) is 13.2. The lowest BCUT2D eigenvalue weighted by Gasteiger charge is -2.04. The highest BCUT2D eigenvalue weighted by Crippen LogP contribution is 2.30. The molecule has 1 aromatic carbocycles. The molecule has 0 unspecified atom stereocenters. The van der Waals surface area contributed by atoms with Crippen LogP contribution in [0, 0.1) is 0 Å². The molecule has 3 rings (SSSR count). The first-order valence-electron chi connectivity index (χ1n) is 6.76. The second kappa shape index (κ2) is 6.77. The number of rotatable bonds is 5. The Morgan fingerprint density at radius 2 is 2.05 bits per heavy atom. The summed E-state index contributed by atoms with van der Waals surface area (Å²) < 4.78 is 5.59. The fourth-order valence-corrected chi connectivity index (χ4v) is 3.12. The molecule has 0 saturated carbocycles. The molecule has 0 spiro atoms. The van der Waals surface area contributed by atoms with E-state index >= 15 is 0 Å². The van der Waals surface area contributed by atoms with Crippen molar-refractivity contribution in [2.45, 2.75) is 6.42 Å². The number of thiazole rings is 1. The van der Waals surface area contributed by atoms with Gasteiger partial charge in [-0.2, -0.15) is 0 Å². The maximum Gasteiger partial charge on any atom is 0.263 e. The Balaban J connectivity index is 1.72. The molecular weight excluding hydrogens is 320 g/mol. The summed E-state index contributed by atoms with van der Waals surface area (Å²) in [5.41, 5.74) is 1.49. The van der Waals surface area contributed by atoms with Crippen LogP contribution in [-0.2, 0) is 6.42 Å². The van der Waals surface area contributed by atoms with Gasteiger partial charge in [0.2, 0.25) is 0 Å². The molecule has 0 saturated heterocycles. The molecule has 0 aliphatic rings. The Kier molecular flexibility index (Phi) is 4.56. The average molecular weight is 333 g/mol. The SMILES string of the molecule is O=C(NCCc1ccco1)c1sc(Cl)nc1-c1ccccc1. The highest BCUT2D eigenvalue weighted by Gasteiger charge is 2.18. The summed E-state index contributed by atoms with van der Waals surface area (Å²) in [5, 5.41) is 2.87. The lowest BCUT2D eigenvalue weighted by atomic mass is 10.1. The van der Waals surface area contributed by atoms with Gasteiger partial charge in [0.1, 0.15) is 10.6 Å². The average Bonchev–Trinajstić information content (AvgIpc) is 3.17. The molecule has 0 fully saturated rings. The number of furan rings is 1. The Labute approximate surface area is 136 Å². The number of benzene rings is 1. The minimum atomic E-state index is -0.171. The van der Waals surface area contributed by atoms with E-state index in [9.17, 15) is 4.79 Å². The van der Waals surface area contributed by atoms with Gasteiger partial charge >= 0.3 is 0 Å². The monoisotopic (exact) mass is 332 g/mol. The van der Waals surface area contributed by atoms with E-state index < -0.39 is 0 Å². The third kappa shape index (κ3) is 3.37. The van der Waals surface area contributed by atoms with E-state index in [1.807, 2.05) is 42.5 Å². The second-order valence-corrected chi connectivity index (χ2v) is 6.18. The smallest absolute Gasteiger partial charge is 0.263 e. The quantitative estimate of drug-likeness (QED) is 0.767. The molecule has 0 bridgehead atoms. The van der Waals surface area contributed by atoms with E-state index in [0.29, 0.717) is 28.0 Å². The van der Waals surface area contributed by atoms with E-state index in [2.05, 4.69) is 10.3 Å². The van der Waals surface area contributed by atoms with Crippen LogP contribution in [0.4, 0.5) is 0 Å². The van der Waals surface area contributed by atoms with Gasteiger partial charge in [0.15, 0.2) is 4.47 Å². The zero-order chi connectivity index (χ0) is 15.4. The van der Waals surface area contributed by atoms with Crippen molar-refractivity contribution >= 4 is 28.8 Å². The van der Waals surface area contributed by atoms with E-state index in [4.69, 9.17) is 16.0 Å². The van der Waals surface area contributed by atoms with Gasteiger partial charge in [0, 0.05) is 18.5 Å². The number of aromatic nitrogens is 1. The van der Waals surface area contributed by atoms with E-state index in [1.54, 1.807) is 6.26 Å². The fourth-order valence-electron chi connectivity index (χ4n) is 2.07. The summed E-state index contributed by atoms with van der Waals surface area (Å²) in [5.74, 6) is 0.667. The molecule has 0 aliphatic heterocycles. The van der Waals surface area contributed by atoms with E-state index in [-0.39, 0.29) is 5.91 Å². The fraction of sp³-hybridized carbons (Fsp3) is 0.125. The zero-order valence-corrected chi connectivity index (χ0v) is 13.2. The number of hydrogen-bond acceptors (Lipinski definition) is 4. The first-order valence-corrected chi connectivity index (χ1v) is 7.96. The van der Waals surface area contributed by atoms with Crippen molar-refractivity contribution in [3.05, 3.63) is 63.8 Å². The Bertz CT molecular complexity index is 754. The Morgan fingerprint density at radius 1 is 1.23 bits per heavy atom. The molecule has 3 aromatic rings. The van der Waals surface area contributed by atoms with Crippen LogP contribution in [0.5, 0.6) is 0 Å². The Hall–Kier alpha value is -2.11. The highest BCUT2D eigenvalue weighted by atomic mass is 35.5. The van der Waals surface area contributed by atoms with Crippen LogP contribution in [0.15, 0.2) is 53.1 Å². The van der Waals surface area contributed by atoms with Crippen LogP contribution in [0.2, 0.25) is 4.47 Å². The van der Waals surface area contributed by atoms with Crippen LogP contribution in [-0.4, -0.2) is 17.4 Å². The van der Waals surface area contributed by atoms with Crippen molar-refractivity contribution in [2.75, 3.05) is 6.54 Å². The third-order valence-corrected chi connectivity index (χ3v) is 4.25. The summed E-state index contributed by atoms with van der Waals surface area (Å²) in [6.07, 6.45) is 2.26. The number of amides is 1. The van der Waals surface area contributed by atoms with E-state index in [1.165, 1.54) is 11.3 Å². The number of halogens is 1. The van der Waals surface area contributed by atoms with Gasteiger partial charge in [-0.15, -0.1) is 0 Å². The number of carbonyl (C=O) groups excluding carboxylic acids is 1. The van der Waals surface area contributed by atoms with Crippen molar-refractivity contribution in [3.63, 3.8) is 0 Å². The predicted octanol–water partition coefficient (Wildman–Crippen LogP) is 4.03. The molecule has 1 amide bonds. The first kappa shape index (κ1) is 14.8. The second-order valence-electron chi connectivity index (χ2n) is 4.60. The topological polar surface area (TPSA) is 55.1 Å². The predicted molar refractivity (Wildman–Crippen MR) is 87.3 cm³/mol. The van der Waals surface area contributed by atoms with Crippen LogP contribution in [0.3, 0.4) is 0 Å². The Morgan fingerprint density at radius 3 is 2.77 bits per heavy atom. The normalized spacial score (nSPS) is 10.6. The van der Waals surface area contributed by atoms with Gasteiger partial charge in [-0.25, -0.2) is 4.98 Å². The maximum atomic E-state index is 12.4. The summed E-state index contributed by atoms with van der Waals surface area (Å²) in [4.78, 5) is 17.1. The van der Waals surface area contributed by atoms with Crippen LogP contribution < -0.4 is 5.32 Å². The van der Waals surface area contributed by atoms with Crippen LogP contribution >= 0.6 is 22.9 Å². The van der Waals surface area contributed by atoms with Crippen molar-refractivity contribution in [2.24, 2.45) is 0 Å². The first-order chi connectivity index (χ1) is 10.7. The maximum absolute atomic E-state index is 12.4. The molecule has 2 aromatic heterocycles. The van der Waals surface area contributed by atoms with Crippen molar-refractivity contribution in [1.82, 2.24) is 10.3 Å². The molecule has 4 nitrogen and oxygen atoms in total. The van der Waals surface area contributed by atoms with Gasteiger partial charge in [0.05, 0.1) is 12.0 Å². The standard InChI is InChI=1S/C16H13ClN2O2S/c17-16-19-13(11-5-2-1-3-6-11)14(22-16)15(20)18-9-8-12-7-4-10-21-12/h1-7,10H,8-9H2,(H,18,20). The van der Waals surface area contributed by atoms with Gasteiger partial charge in [-0.1, -0.05) is 53.3 Å². The molecule has 0 aliphatic carbocycles. The largest absolute Gasteiger partial charge is 0.469 e. The number of hydrogen-bond donors (Lipinski definition) is 1. The number of nitrogens with one attached hydrogen (secondary N) is 1. The minimum Gasteiger partial charge on any atom is -0.469 e. The lowest BCUT2D eigenvalue weighted by molar-refractivity contribution is 0.0958. The third-order valence-electron chi connectivity index (χ3n) is 3.09. The molecule has 112 valence electrons. The van der Waals surface area contributed by atoms with Crippen LogP contribution in [0.1, 0.15) is 15.4 Å². The highest BCUT2D eigenvalue weighted by molar-refractivity contribution is 7.18. The summed E-state index contributed by atoms with van der Waals surface area (Å²) in [7, 11) is 0. The van der Waals surface area contributed by atoms with Gasteiger partial charge < -0.3 is 9.73 Å². The van der Waals surface area contributed by atoms with Crippen molar-refractivity contribution in [3.8, 4) is 11.3 Å². The van der Waals surface area contributed by atoms with Gasteiger partial charge in [0.25, 0.3) is 5.91 Å². The van der Waals surface area contributed by atoms with Gasteiger partial charge in [-0.05, 0) is 12.1 Å². The van der Waals surface area contributed by atoms with Crippen molar-refractivity contribution < 1.29 is 9.21 Å². The van der Waals surface area contributed by atoms with Crippen molar-refractivity contribution in [1.29, 1.82) is 0 Å². The summed E-state index contributed by atoms with van der Waals surface area (Å²) >= 11 is 7.17. The minimum absolute atomic E-state index is 0.171. The molecule has 22 heavy (non-hydrogen) atoms. The van der Waals surface area contributed by atoms with Crippen LogP contribution in [0.25, 0.3) is 11.3 Å². The van der Waals surface area contributed by atoms with Gasteiger partial charge in [-0.3, -0.25) is 4.79 Å². The number of carbonyl (C=O) groups is 1. The molecule has 1 N–H and O–H groups in total. The molecular formula is C16H13ClN2O2S. The number of nitrogens with zero attached hydrogens (tertiary/aromatic N) is 1.